The van der Waals surface area contributed by atoms with Crippen LogP contribution in [0, 0.1) is 5.95 Å². The molecule has 0 radical (unpaired) electrons. The zero-order valence-corrected chi connectivity index (χ0v) is 5.54. The van der Waals surface area contributed by atoms with E-state index in [0.29, 0.717) is 0 Å². The van der Waals surface area contributed by atoms with Crippen LogP contribution in [0.5, 0.6) is 0 Å². The van der Waals surface area contributed by atoms with Crippen LogP contribution in [0.25, 0.3) is 0 Å². The Morgan fingerprint density at radius 3 is 2.73 bits per heavy atom. The Morgan fingerprint density at radius 1 is 1.64 bits per heavy atom. The van der Waals surface area contributed by atoms with Crippen LogP contribution in [0.3, 0.4) is 0 Å². The molecule has 0 aromatic carbocycles. The van der Waals surface area contributed by atoms with Gasteiger partial charge in [-0.05, 0) is 6.07 Å². The number of amides is 1. The lowest BCUT2D eigenvalue weighted by Gasteiger charge is -1.96. The summed E-state index contributed by atoms with van der Waals surface area (Å²) in [5.74, 6) is -1.47. The first-order valence-electron chi connectivity index (χ1n) is 2.82. The molecule has 5 heteroatoms. The van der Waals surface area contributed by atoms with Crippen molar-refractivity contribution in [2.75, 3.05) is 5.73 Å². The number of carbonyl (C=O) groups is 1. The molecule has 0 aliphatic heterocycles. The Labute approximate surface area is 62.0 Å². The van der Waals surface area contributed by atoms with E-state index in [1.807, 2.05) is 0 Å². The van der Waals surface area contributed by atoms with Gasteiger partial charge in [-0.3, -0.25) is 4.79 Å². The van der Waals surface area contributed by atoms with Gasteiger partial charge in [0.05, 0.1) is 11.3 Å². The van der Waals surface area contributed by atoms with Crippen molar-refractivity contribution in [3.8, 4) is 0 Å². The summed E-state index contributed by atoms with van der Waals surface area (Å²) in [5.41, 5.74) is 9.91. The van der Waals surface area contributed by atoms with E-state index >= 15 is 0 Å². The number of primary amides is 1. The van der Waals surface area contributed by atoms with Gasteiger partial charge in [-0.2, -0.15) is 4.39 Å². The fraction of sp³-hybridized carbons (Fsp3) is 0. The predicted molar refractivity (Wildman–Crippen MR) is 37.1 cm³/mol. The average Bonchev–Trinajstić information content (AvgIpc) is 1.94. The quantitative estimate of drug-likeness (QED) is 0.555. The molecule has 0 saturated heterocycles. The molecule has 1 aromatic rings. The Balaban J connectivity index is 3.15. The first-order chi connectivity index (χ1) is 5.11. The van der Waals surface area contributed by atoms with Gasteiger partial charge in [-0.15, -0.1) is 0 Å². The summed E-state index contributed by atoms with van der Waals surface area (Å²) in [7, 11) is 0. The minimum absolute atomic E-state index is 0.101. The lowest BCUT2D eigenvalue weighted by Crippen LogP contribution is -2.12. The van der Waals surface area contributed by atoms with Gasteiger partial charge >= 0.3 is 0 Å². The molecule has 0 fully saturated rings. The van der Waals surface area contributed by atoms with Crippen LogP contribution in [0.1, 0.15) is 10.4 Å². The Kier molecular flexibility index (Phi) is 1.72. The van der Waals surface area contributed by atoms with Crippen molar-refractivity contribution in [1.29, 1.82) is 0 Å². The highest BCUT2D eigenvalue weighted by Gasteiger charge is 2.04. The second kappa shape index (κ2) is 2.53. The number of hydrogen-bond donors (Lipinski definition) is 2. The van der Waals surface area contributed by atoms with Crippen LogP contribution in [0.4, 0.5) is 10.1 Å². The maximum atomic E-state index is 12.4. The van der Waals surface area contributed by atoms with Crippen molar-refractivity contribution in [1.82, 2.24) is 4.98 Å². The molecule has 1 heterocycles. The van der Waals surface area contributed by atoms with Gasteiger partial charge < -0.3 is 11.5 Å². The molecular formula is C6H6FN3O. The van der Waals surface area contributed by atoms with E-state index in [2.05, 4.69) is 4.98 Å². The number of nitrogen functional groups attached to an aromatic ring is 1. The van der Waals surface area contributed by atoms with Gasteiger partial charge in [0.15, 0.2) is 0 Å². The molecule has 0 atom stereocenters. The van der Waals surface area contributed by atoms with E-state index in [1.54, 1.807) is 0 Å². The number of nitrogens with zero attached hydrogens (tertiary/aromatic N) is 1. The third-order valence-corrected chi connectivity index (χ3v) is 1.15. The highest BCUT2D eigenvalue weighted by Crippen LogP contribution is 2.07. The van der Waals surface area contributed by atoms with Crippen LogP contribution in [-0.4, -0.2) is 10.9 Å². The smallest absolute Gasteiger partial charge is 0.250 e. The van der Waals surface area contributed by atoms with Crippen molar-refractivity contribution < 1.29 is 9.18 Å². The summed E-state index contributed by atoms with van der Waals surface area (Å²) in [4.78, 5) is 13.7. The van der Waals surface area contributed by atoms with E-state index < -0.39 is 11.9 Å². The third-order valence-electron chi connectivity index (χ3n) is 1.15. The Bertz CT molecular complexity index is 300. The molecule has 11 heavy (non-hydrogen) atoms. The van der Waals surface area contributed by atoms with Gasteiger partial charge in [0.2, 0.25) is 11.9 Å². The number of anilines is 1. The zero-order valence-electron chi connectivity index (χ0n) is 5.54. The highest BCUT2D eigenvalue weighted by atomic mass is 19.1. The van der Waals surface area contributed by atoms with Crippen molar-refractivity contribution in [2.45, 2.75) is 0 Å². The molecule has 1 rings (SSSR count). The first kappa shape index (κ1) is 7.46. The lowest BCUT2D eigenvalue weighted by molar-refractivity contribution is 0.1000. The van der Waals surface area contributed by atoms with Gasteiger partial charge in [0.1, 0.15) is 0 Å². The van der Waals surface area contributed by atoms with E-state index in [-0.39, 0.29) is 11.3 Å². The fourth-order valence-corrected chi connectivity index (χ4v) is 0.600. The second-order valence-electron chi connectivity index (χ2n) is 1.97. The average molecular weight is 155 g/mol. The molecule has 1 amide bonds. The number of rotatable bonds is 1. The van der Waals surface area contributed by atoms with Crippen molar-refractivity contribution >= 4 is 11.6 Å². The Hall–Kier alpha value is -1.65. The number of nitrogens with two attached hydrogens (primary N) is 2. The SMILES string of the molecule is NC(=O)c1cnc(F)c(N)c1. The minimum atomic E-state index is -0.796. The Morgan fingerprint density at radius 2 is 2.27 bits per heavy atom. The molecule has 1 aromatic heterocycles. The van der Waals surface area contributed by atoms with E-state index in [9.17, 15) is 9.18 Å². The summed E-state index contributed by atoms with van der Waals surface area (Å²) < 4.78 is 12.4. The standard InChI is InChI=1S/C6H6FN3O/c7-5-4(8)1-3(2-10-5)6(9)11/h1-2H,8H2,(H2,9,11). The molecule has 0 aliphatic rings. The monoisotopic (exact) mass is 155 g/mol. The van der Waals surface area contributed by atoms with Crippen LogP contribution in [-0.2, 0) is 0 Å². The number of aromatic nitrogens is 1. The minimum Gasteiger partial charge on any atom is -0.395 e. The first-order valence-corrected chi connectivity index (χ1v) is 2.82. The molecule has 0 bridgehead atoms. The number of pyridine rings is 1. The molecule has 4 nitrogen and oxygen atoms in total. The van der Waals surface area contributed by atoms with Crippen LogP contribution in [0.15, 0.2) is 12.3 Å². The van der Waals surface area contributed by atoms with Gasteiger partial charge in [0.25, 0.3) is 0 Å². The summed E-state index contributed by atoms with van der Waals surface area (Å²) in [5, 5.41) is 0. The lowest BCUT2D eigenvalue weighted by atomic mass is 10.2. The van der Waals surface area contributed by atoms with Crippen molar-refractivity contribution in [3.63, 3.8) is 0 Å². The summed E-state index contributed by atoms with van der Waals surface area (Å²) >= 11 is 0. The van der Waals surface area contributed by atoms with Gasteiger partial charge in [0, 0.05) is 6.20 Å². The van der Waals surface area contributed by atoms with Gasteiger partial charge in [-0.25, -0.2) is 4.98 Å². The molecule has 0 aliphatic carbocycles. The van der Waals surface area contributed by atoms with Crippen molar-refractivity contribution in [2.24, 2.45) is 5.73 Å². The van der Waals surface area contributed by atoms with Crippen LogP contribution in [0.2, 0.25) is 0 Å². The van der Waals surface area contributed by atoms with E-state index in [4.69, 9.17) is 11.5 Å². The maximum absolute atomic E-state index is 12.4. The fourth-order valence-electron chi connectivity index (χ4n) is 0.600. The van der Waals surface area contributed by atoms with Crippen LogP contribution >= 0.6 is 0 Å². The van der Waals surface area contributed by atoms with E-state index in [1.165, 1.54) is 0 Å². The van der Waals surface area contributed by atoms with Gasteiger partial charge in [-0.1, -0.05) is 0 Å². The second-order valence-corrected chi connectivity index (χ2v) is 1.97. The van der Waals surface area contributed by atoms with Crippen molar-refractivity contribution in [3.05, 3.63) is 23.8 Å². The zero-order chi connectivity index (χ0) is 8.43. The molecule has 0 saturated carbocycles. The molecule has 0 spiro atoms. The molecule has 4 N–H and O–H groups in total. The summed E-state index contributed by atoms with van der Waals surface area (Å²) in [6.45, 7) is 0. The molecule has 0 unspecified atom stereocenters. The number of carbonyl (C=O) groups excluding carboxylic acids is 1. The number of hydrogen-bond acceptors (Lipinski definition) is 3. The summed E-state index contributed by atoms with van der Waals surface area (Å²) in [6.07, 6.45) is 1.04. The van der Waals surface area contributed by atoms with Crippen LogP contribution < -0.4 is 11.5 Å². The summed E-state index contributed by atoms with van der Waals surface area (Å²) in [6, 6.07) is 1.14. The topological polar surface area (TPSA) is 82.0 Å². The normalized spacial score (nSPS) is 9.55. The third kappa shape index (κ3) is 1.43. The predicted octanol–water partition coefficient (Wildman–Crippen LogP) is -0.0982. The molecule has 58 valence electrons. The van der Waals surface area contributed by atoms with E-state index in [0.717, 1.165) is 12.3 Å². The number of halogens is 1. The largest absolute Gasteiger partial charge is 0.395 e. The molecular weight excluding hydrogens is 149 g/mol. The maximum Gasteiger partial charge on any atom is 0.250 e. The highest BCUT2D eigenvalue weighted by molar-refractivity contribution is 5.93.